The Labute approximate surface area is 194 Å². The molecule has 0 saturated carbocycles. The van der Waals surface area contributed by atoms with Crippen LogP contribution in [0.2, 0.25) is 5.02 Å². The van der Waals surface area contributed by atoms with Crippen LogP contribution in [0.5, 0.6) is 5.75 Å². The number of amides is 1. The molecule has 4 aromatic rings. The summed E-state index contributed by atoms with van der Waals surface area (Å²) in [6.45, 7) is 0.453. The van der Waals surface area contributed by atoms with Crippen molar-refractivity contribution in [2.75, 3.05) is 18.5 Å². The predicted molar refractivity (Wildman–Crippen MR) is 116 cm³/mol. The maximum absolute atomic E-state index is 12.9. The van der Waals surface area contributed by atoms with Crippen molar-refractivity contribution in [3.8, 4) is 17.3 Å². The maximum Gasteiger partial charge on any atom is 0.416 e. The number of alkyl halides is 3. The average molecular weight is 494 g/mol. The lowest BCUT2D eigenvalue weighted by molar-refractivity contribution is -0.137. The van der Waals surface area contributed by atoms with E-state index in [9.17, 15) is 22.8 Å². The Kier molecular flexibility index (Phi) is 6.41. The lowest BCUT2D eigenvalue weighted by Crippen LogP contribution is -2.12. The number of anilines is 1. The molecule has 2 aromatic carbocycles. The second-order valence-electron chi connectivity index (χ2n) is 6.90. The average Bonchev–Trinajstić information content (AvgIpc) is 3.43. The van der Waals surface area contributed by atoms with Gasteiger partial charge in [-0.15, -0.1) is 0 Å². The molecule has 0 saturated heterocycles. The monoisotopic (exact) mass is 493 g/mol. The van der Waals surface area contributed by atoms with Crippen molar-refractivity contribution in [2.45, 2.75) is 6.18 Å². The molecule has 0 aliphatic heterocycles. The number of ether oxygens (including phenoxy) is 2. The summed E-state index contributed by atoms with van der Waals surface area (Å²) in [5, 5.41) is 9.43. The Bertz CT molecular complexity index is 1350. The van der Waals surface area contributed by atoms with Crippen LogP contribution in [-0.2, 0) is 15.7 Å². The molecule has 9 nitrogen and oxygen atoms in total. The van der Waals surface area contributed by atoms with Crippen molar-refractivity contribution >= 4 is 40.8 Å². The van der Waals surface area contributed by atoms with Crippen LogP contribution in [0.1, 0.15) is 15.9 Å². The van der Waals surface area contributed by atoms with E-state index in [4.69, 9.17) is 16.3 Å². The standard InChI is InChI=1S/C21H15ClF3N5O4/c22-13-7-11(1-4-17(13)34-6-5-33-10-31)20(32)28-18-9-16(29-30-18)19-26-14-3-2-12(21(23,24)25)8-15(14)27-19/h1-4,7-10H,5-6H2,(H,26,27)(H2,28,29,30,32). The van der Waals surface area contributed by atoms with Crippen LogP contribution in [0.15, 0.2) is 42.5 Å². The molecule has 1 amide bonds. The smallest absolute Gasteiger partial charge is 0.416 e. The van der Waals surface area contributed by atoms with Crippen LogP contribution in [0.25, 0.3) is 22.6 Å². The van der Waals surface area contributed by atoms with Gasteiger partial charge in [-0.3, -0.25) is 14.7 Å². The third-order valence-corrected chi connectivity index (χ3v) is 4.90. The molecule has 0 unspecified atom stereocenters. The lowest BCUT2D eigenvalue weighted by Gasteiger charge is -2.09. The van der Waals surface area contributed by atoms with E-state index in [0.29, 0.717) is 23.4 Å². The summed E-state index contributed by atoms with van der Waals surface area (Å²) in [6, 6.07) is 9.06. The van der Waals surface area contributed by atoms with Gasteiger partial charge in [-0.1, -0.05) is 11.6 Å². The van der Waals surface area contributed by atoms with E-state index in [1.165, 1.54) is 30.3 Å². The van der Waals surface area contributed by atoms with Crippen molar-refractivity contribution in [1.29, 1.82) is 0 Å². The first-order valence-electron chi connectivity index (χ1n) is 9.66. The molecule has 0 atom stereocenters. The maximum atomic E-state index is 12.9. The topological polar surface area (TPSA) is 122 Å². The number of imidazole rings is 1. The van der Waals surface area contributed by atoms with Crippen molar-refractivity contribution in [1.82, 2.24) is 20.2 Å². The van der Waals surface area contributed by atoms with Crippen LogP contribution < -0.4 is 10.1 Å². The van der Waals surface area contributed by atoms with Crippen LogP contribution in [0.3, 0.4) is 0 Å². The fourth-order valence-electron chi connectivity index (χ4n) is 3.01. The first kappa shape index (κ1) is 23.1. The number of rotatable bonds is 8. The number of carbonyl (C=O) groups excluding carboxylic acids is 2. The highest BCUT2D eigenvalue weighted by Crippen LogP contribution is 2.32. The molecule has 34 heavy (non-hydrogen) atoms. The molecule has 2 aromatic heterocycles. The molecule has 3 N–H and O–H groups in total. The second kappa shape index (κ2) is 9.43. The van der Waals surface area contributed by atoms with E-state index in [1.54, 1.807) is 0 Å². The summed E-state index contributed by atoms with van der Waals surface area (Å²) < 4.78 is 48.6. The van der Waals surface area contributed by atoms with Gasteiger partial charge in [0.15, 0.2) is 11.6 Å². The van der Waals surface area contributed by atoms with Gasteiger partial charge in [0.05, 0.1) is 21.6 Å². The molecule has 0 fully saturated rings. The number of H-pyrrole nitrogens is 2. The van der Waals surface area contributed by atoms with Gasteiger partial charge in [0, 0.05) is 11.6 Å². The van der Waals surface area contributed by atoms with E-state index >= 15 is 0 Å². The van der Waals surface area contributed by atoms with E-state index in [-0.39, 0.29) is 41.0 Å². The van der Waals surface area contributed by atoms with Crippen LogP contribution in [0, 0.1) is 0 Å². The Morgan fingerprint density at radius 1 is 1.15 bits per heavy atom. The van der Waals surface area contributed by atoms with E-state index in [0.717, 1.165) is 12.1 Å². The molecule has 0 spiro atoms. The number of benzene rings is 2. The largest absolute Gasteiger partial charge is 0.488 e. The molecule has 4 rings (SSSR count). The first-order chi connectivity index (χ1) is 16.2. The minimum atomic E-state index is -4.48. The number of halogens is 4. The van der Waals surface area contributed by atoms with Gasteiger partial charge in [-0.05, 0) is 36.4 Å². The van der Waals surface area contributed by atoms with Gasteiger partial charge in [-0.25, -0.2) is 4.98 Å². The number of hydrogen-bond donors (Lipinski definition) is 3. The zero-order chi connectivity index (χ0) is 24.3. The summed E-state index contributed by atoms with van der Waals surface area (Å²) in [5.74, 6) is 0.230. The van der Waals surface area contributed by atoms with Crippen LogP contribution >= 0.6 is 11.6 Å². The summed E-state index contributed by atoms with van der Waals surface area (Å²) in [6.07, 6.45) is -4.48. The molecular weight excluding hydrogens is 479 g/mol. The molecule has 0 radical (unpaired) electrons. The molecule has 13 heteroatoms. The van der Waals surface area contributed by atoms with E-state index in [1.807, 2.05) is 0 Å². The van der Waals surface area contributed by atoms with Gasteiger partial charge in [0.1, 0.15) is 24.7 Å². The zero-order valence-corrected chi connectivity index (χ0v) is 17.8. The van der Waals surface area contributed by atoms with Crippen molar-refractivity contribution in [2.24, 2.45) is 0 Å². The second-order valence-corrected chi connectivity index (χ2v) is 7.30. The zero-order valence-electron chi connectivity index (χ0n) is 17.1. The summed E-state index contributed by atoms with van der Waals surface area (Å²) in [5.41, 5.74) is 0.339. The Hall–Kier alpha value is -4.06. The quantitative estimate of drug-likeness (QED) is 0.246. The van der Waals surface area contributed by atoms with Crippen LogP contribution in [-0.4, -0.2) is 45.8 Å². The number of aromatic nitrogens is 4. The highest BCUT2D eigenvalue weighted by molar-refractivity contribution is 6.32. The molecule has 0 aliphatic rings. The predicted octanol–water partition coefficient (Wildman–Crippen LogP) is 4.43. The van der Waals surface area contributed by atoms with E-state index in [2.05, 4.69) is 30.2 Å². The van der Waals surface area contributed by atoms with Gasteiger partial charge >= 0.3 is 6.18 Å². The Morgan fingerprint density at radius 3 is 2.71 bits per heavy atom. The molecule has 176 valence electrons. The third kappa shape index (κ3) is 5.12. The number of nitrogens with zero attached hydrogens (tertiary/aromatic N) is 2. The first-order valence-corrected chi connectivity index (χ1v) is 10.0. The molecular formula is C21H15ClF3N5O4. The van der Waals surface area contributed by atoms with Gasteiger partial charge in [0.25, 0.3) is 12.4 Å². The van der Waals surface area contributed by atoms with Gasteiger partial charge in [-0.2, -0.15) is 18.3 Å². The number of carbonyl (C=O) groups is 2. The van der Waals surface area contributed by atoms with Crippen molar-refractivity contribution in [3.05, 3.63) is 58.6 Å². The third-order valence-electron chi connectivity index (χ3n) is 4.61. The minimum absolute atomic E-state index is 0.0538. The minimum Gasteiger partial charge on any atom is -0.488 e. The Balaban J connectivity index is 1.45. The highest BCUT2D eigenvalue weighted by atomic mass is 35.5. The highest BCUT2D eigenvalue weighted by Gasteiger charge is 2.30. The number of fused-ring (bicyclic) bond motifs is 1. The summed E-state index contributed by atoms with van der Waals surface area (Å²) in [7, 11) is 0. The normalized spacial score (nSPS) is 11.4. The van der Waals surface area contributed by atoms with Gasteiger partial charge in [0.2, 0.25) is 0 Å². The Morgan fingerprint density at radius 2 is 1.97 bits per heavy atom. The number of aromatic amines is 2. The van der Waals surface area contributed by atoms with Crippen molar-refractivity contribution in [3.63, 3.8) is 0 Å². The molecule has 0 aliphatic carbocycles. The number of nitrogens with one attached hydrogen (secondary N) is 3. The molecule has 0 bridgehead atoms. The fraction of sp³-hybridized carbons (Fsp3) is 0.143. The lowest BCUT2D eigenvalue weighted by atomic mass is 10.2. The van der Waals surface area contributed by atoms with E-state index < -0.39 is 17.6 Å². The van der Waals surface area contributed by atoms with Gasteiger partial charge < -0.3 is 19.8 Å². The number of hydrogen-bond acceptors (Lipinski definition) is 6. The van der Waals surface area contributed by atoms with Crippen LogP contribution in [0.4, 0.5) is 19.0 Å². The van der Waals surface area contributed by atoms with Crippen molar-refractivity contribution < 1.29 is 32.2 Å². The SMILES string of the molecule is O=COCCOc1ccc(C(=O)Nc2cc(-c3nc4cc(C(F)(F)F)ccc4[nH]3)[nH]n2)cc1Cl. The molecule has 2 heterocycles. The fourth-order valence-corrected chi connectivity index (χ4v) is 3.25. The summed E-state index contributed by atoms with van der Waals surface area (Å²) >= 11 is 6.13. The summed E-state index contributed by atoms with van der Waals surface area (Å²) in [4.78, 5) is 29.7.